The molecule has 0 aromatic rings. The smallest absolute Gasteiger partial charge is 0.331 e. The molecule has 4 aliphatic rings. The molecule has 0 saturated heterocycles. The molecule has 0 radical (unpaired) electrons. The van der Waals surface area contributed by atoms with Crippen molar-refractivity contribution in [3.8, 4) is 0 Å². The summed E-state index contributed by atoms with van der Waals surface area (Å²) in [5.41, 5.74) is 0.116. The summed E-state index contributed by atoms with van der Waals surface area (Å²) >= 11 is 0. The highest BCUT2D eigenvalue weighted by Crippen LogP contribution is 2.68. The van der Waals surface area contributed by atoms with Crippen LogP contribution in [0.3, 0.4) is 0 Å². The molecule has 4 rings (SSSR count). The molecular weight excluding hydrogens is 452 g/mol. The number of rotatable bonds is 5. The van der Waals surface area contributed by atoms with E-state index in [1.807, 2.05) is 26.8 Å². The number of carbonyl (C=O) groups excluding carboxylic acids is 2. The number of esters is 2. The average Bonchev–Trinajstić information content (AvgIpc) is 3.12. The number of allylic oxidation sites excluding steroid dienone is 3. The van der Waals surface area contributed by atoms with Crippen LogP contribution in [0.4, 0.5) is 0 Å². The summed E-state index contributed by atoms with van der Waals surface area (Å²) in [4.78, 5) is 23.7. The fraction of sp³-hybridized carbons (Fsp3) is 0.806. The summed E-state index contributed by atoms with van der Waals surface area (Å²) in [7, 11) is 1.77. The van der Waals surface area contributed by atoms with Crippen molar-refractivity contribution in [1.82, 2.24) is 0 Å². The maximum absolute atomic E-state index is 12.1. The van der Waals surface area contributed by atoms with Gasteiger partial charge in [-0.2, -0.15) is 0 Å². The predicted octanol–water partition coefficient (Wildman–Crippen LogP) is 7.01. The van der Waals surface area contributed by atoms with Crippen LogP contribution < -0.4 is 0 Å². The number of hydrogen-bond donors (Lipinski definition) is 0. The second-order valence-electron chi connectivity index (χ2n) is 13.5. The van der Waals surface area contributed by atoms with Crippen molar-refractivity contribution in [2.45, 2.75) is 111 Å². The zero-order valence-corrected chi connectivity index (χ0v) is 23.6. The fourth-order valence-corrected chi connectivity index (χ4v) is 8.91. The van der Waals surface area contributed by atoms with Gasteiger partial charge in [0.05, 0.1) is 12.9 Å². The molecule has 0 aliphatic heterocycles. The van der Waals surface area contributed by atoms with E-state index in [4.69, 9.17) is 14.2 Å². The largest absolute Gasteiger partial charge is 0.501 e. The van der Waals surface area contributed by atoms with Crippen LogP contribution >= 0.6 is 0 Å². The summed E-state index contributed by atoms with van der Waals surface area (Å²) in [5, 5.41) is 0. The highest BCUT2D eigenvalue weighted by molar-refractivity contribution is 5.82. The minimum Gasteiger partial charge on any atom is -0.501 e. The van der Waals surface area contributed by atoms with Crippen molar-refractivity contribution < 1.29 is 23.8 Å². The van der Waals surface area contributed by atoms with E-state index in [2.05, 4.69) is 13.8 Å². The Morgan fingerprint density at radius 3 is 2.28 bits per heavy atom. The molecule has 0 aromatic carbocycles. The molecular formula is C31H48O5. The van der Waals surface area contributed by atoms with Crippen LogP contribution in [0.25, 0.3) is 0 Å². The van der Waals surface area contributed by atoms with Gasteiger partial charge in [-0.05, 0) is 119 Å². The first kappa shape index (κ1) is 27.3. The molecule has 0 N–H and O–H groups in total. The number of methoxy groups -OCH3 is 1. The fourth-order valence-electron chi connectivity index (χ4n) is 8.91. The molecule has 0 spiro atoms. The monoisotopic (exact) mass is 500 g/mol. The lowest BCUT2D eigenvalue weighted by Crippen LogP contribution is -2.54. The normalized spacial score (nSPS) is 40.7. The van der Waals surface area contributed by atoms with Gasteiger partial charge in [0, 0.05) is 18.9 Å². The van der Waals surface area contributed by atoms with E-state index >= 15 is 0 Å². The molecule has 5 heteroatoms. The van der Waals surface area contributed by atoms with Crippen LogP contribution in [-0.2, 0) is 23.8 Å². The van der Waals surface area contributed by atoms with Gasteiger partial charge in [-0.15, -0.1) is 0 Å². The second kappa shape index (κ2) is 10.2. The van der Waals surface area contributed by atoms with E-state index in [9.17, 15) is 9.59 Å². The molecule has 0 amide bonds. The Balaban J connectivity index is 1.47. The maximum atomic E-state index is 12.1. The molecule has 0 unspecified atom stereocenters. The van der Waals surface area contributed by atoms with Crippen LogP contribution in [0.1, 0.15) is 99.3 Å². The molecule has 0 heterocycles. The summed E-state index contributed by atoms with van der Waals surface area (Å²) in [6.45, 7) is 12.2. The molecule has 5 nitrogen and oxygen atoms in total. The Kier molecular flexibility index (Phi) is 7.70. The molecule has 4 fully saturated rings. The predicted molar refractivity (Wildman–Crippen MR) is 141 cm³/mol. The van der Waals surface area contributed by atoms with Crippen molar-refractivity contribution in [1.29, 1.82) is 0 Å². The third-order valence-electron chi connectivity index (χ3n) is 10.4. The molecule has 202 valence electrons. The molecule has 4 saturated carbocycles. The van der Waals surface area contributed by atoms with Crippen LogP contribution in [0.15, 0.2) is 24.0 Å². The van der Waals surface area contributed by atoms with Crippen molar-refractivity contribution in [3.05, 3.63) is 24.0 Å². The maximum Gasteiger partial charge on any atom is 0.331 e. The Morgan fingerprint density at radius 1 is 0.917 bits per heavy atom. The summed E-state index contributed by atoms with van der Waals surface area (Å²) in [6.07, 6.45) is 16.1. The van der Waals surface area contributed by atoms with Gasteiger partial charge >= 0.3 is 11.9 Å². The van der Waals surface area contributed by atoms with E-state index in [1.165, 1.54) is 44.6 Å². The second-order valence-corrected chi connectivity index (χ2v) is 13.5. The van der Waals surface area contributed by atoms with Crippen LogP contribution in [0.5, 0.6) is 0 Å². The van der Waals surface area contributed by atoms with E-state index in [0.29, 0.717) is 17.3 Å². The number of ether oxygens (including phenoxy) is 3. The molecule has 0 aromatic heterocycles. The van der Waals surface area contributed by atoms with Crippen molar-refractivity contribution >= 4 is 11.9 Å². The van der Waals surface area contributed by atoms with Gasteiger partial charge < -0.3 is 14.2 Å². The highest BCUT2D eigenvalue weighted by Gasteiger charge is 2.61. The van der Waals surface area contributed by atoms with E-state index < -0.39 is 5.60 Å². The SMILES string of the molecule is CO/C(=C\C=C\C(=O)OC(C)(C)C)[C@H]1CC[C@H]2[C@@H]3CC[C@@H]4C[C@H](OC(C)=O)CC[C@]4(C)[C@H]3CC[C@]12C. The number of fused-ring (bicyclic) bond motifs is 5. The van der Waals surface area contributed by atoms with Crippen LogP contribution in [0.2, 0.25) is 0 Å². The Labute approximate surface area is 218 Å². The zero-order chi connectivity index (χ0) is 26.3. The molecule has 4 aliphatic carbocycles. The first-order valence-electron chi connectivity index (χ1n) is 14.2. The molecule has 36 heavy (non-hydrogen) atoms. The topological polar surface area (TPSA) is 61.8 Å². The Morgan fingerprint density at radius 2 is 1.61 bits per heavy atom. The van der Waals surface area contributed by atoms with Crippen LogP contribution in [-0.4, -0.2) is 30.8 Å². The van der Waals surface area contributed by atoms with Gasteiger partial charge in [0.15, 0.2) is 0 Å². The lowest BCUT2D eigenvalue weighted by atomic mass is 9.44. The highest BCUT2D eigenvalue weighted by atomic mass is 16.6. The summed E-state index contributed by atoms with van der Waals surface area (Å²) in [5.74, 6) is 3.87. The lowest BCUT2D eigenvalue weighted by molar-refractivity contribution is -0.160. The minimum atomic E-state index is -0.491. The Hall–Kier alpha value is -1.78. The van der Waals surface area contributed by atoms with Crippen LogP contribution in [0, 0.1) is 40.4 Å². The van der Waals surface area contributed by atoms with Gasteiger partial charge in [0.25, 0.3) is 0 Å². The van der Waals surface area contributed by atoms with Crippen molar-refractivity contribution in [2.24, 2.45) is 40.4 Å². The number of carbonyl (C=O) groups is 2. The van der Waals surface area contributed by atoms with E-state index in [-0.39, 0.29) is 23.5 Å². The quantitative estimate of drug-likeness (QED) is 0.176. The first-order chi connectivity index (χ1) is 16.9. The van der Waals surface area contributed by atoms with Gasteiger partial charge in [-0.25, -0.2) is 4.79 Å². The van der Waals surface area contributed by atoms with E-state index in [0.717, 1.165) is 42.8 Å². The lowest BCUT2D eigenvalue weighted by Gasteiger charge is -2.61. The summed E-state index contributed by atoms with van der Waals surface area (Å²) in [6, 6.07) is 0. The van der Waals surface area contributed by atoms with Gasteiger partial charge in [-0.1, -0.05) is 19.9 Å². The van der Waals surface area contributed by atoms with E-state index in [1.54, 1.807) is 20.1 Å². The van der Waals surface area contributed by atoms with Gasteiger partial charge in [0.1, 0.15) is 11.7 Å². The third-order valence-corrected chi connectivity index (χ3v) is 10.4. The molecule has 8 atom stereocenters. The number of hydrogen-bond acceptors (Lipinski definition) is 5. The zero-order valence-electron chi connectivity index (χ0n) is 23.6. The van der Waals surface area contributed by atoms with Gasteiger partial charge in [0.2, 0.25) is 0 Å². The average molecular weight is 501 g/mol. The van der Waals surface area contributed by atoms with Crippen molar-refractivity contribution in [2.75, 3.05) is 7.11 Å². The van der Waals surface area contributed by atoms with Gasteiger partial charge in [-0.3, -0.25) is 4.79 Å². The minimum absolute atomic E-state index is 0.116. The Bertz CT molecular complexity index is 897. The third kappa shape index (κ3) is 5.27. The molecule has 0 bridgehead atoms. The standard InChI is InChI=1S/C31H48O5/c1-20(32)35-22-15-17-30(5)21(19-22)11-12-23-24-13-14-26(31(24,6)18-16-25(23)30)27(34-7)9-8-10-28(33)36-29(2,3)4/h8-10,21-26H,11-19H2,1-7H3/b10-8+,27-9-/t21-,22-,23+,24+,25+,26-,30+,31+/m1/s1. The summed E-state index contributed by atoms with van der Waals surface area (Å²) < 4.78 is 17.0. The first-order valence-corrected chi connectivity index (χ1v) is 14.2. The van der Waals surface area contributed by atoms with Crippen molar-refractivity contribution in [3.63, 3.8) is 0 Å².